The molecule has 0 unspecified atom stereocenters. The van der Waals surface area contributed by atoms with Crippen molar-refractivity contribution >= 4 is 5.82 Å². The minimum absolute atomic E-state index is 0.676. The number of aromatic amines is 1. The molecule has 1 heterocycles. The van der Waals surface area contributed by atoms with Gasteiger partial charge in [-0.05, 0) is 38.0 Å². The zero-order chi connectivity index (χ0) is 9.76. The maximum Gasteiger partial charge on any atom is 0.148 e. The van der Waals surface area contributed by atoms with Crippen LogP contribution < -0.4 is 5.73 Å². The summed E-state index contributed by atoms with van der Waals surface area (Å²) in [6.45, 7) is 2.07. The lowest BCUT2D eigenvalue weighted by Crippen LogP contribution is -2.41. The Kier molecular flexibility index (Phi) is 1.50. The van der Waals surface area contributed by atoms with Crippen LogP contribution in [0.4, 0.5) is 5.82 Å². The molecule has 2 aliphatic rings. The number of rotatable bonds is 1. The fourth-order valence-electron chi connectivity index (χ4n) is 3.10. The second-order valence-electron chi connectivity index (χ2n) is 5.11. The molecule has 3 heteroatoms. The molecule has 2 saturated carbocycles. The van der Waals surface area contributed by atoms with Gasteiger partial charge in [0.15, 0.2) is 0 Å². The maximum atomic E-state index is 5.73. The number of nitrogen functional groups attached to an aromatic ring is 1. The van der Waals surface area contributed by atoms with E-state index in [1.54, 1.807) is 0 Å². The lowest BCUT2D eigenvalue weighted by Gasteiger charge is -2.54. The van der Waals surface area contributed by atoms with Gasteiger partial charge in [0.2, 0.25) is 0 Å². The number of aromatic nitrogens is 2. The Balaban J connectivity index is 1.76. The highest BCUT2D eigenvalue weighted by Gasteiger charge is 2.49. The van der Waals surface area contributed by atoms with Crippen LogP contribution in [0.2, 0.25) is 0 Å². The van der Waals surface area contributed by atoms with Gasteiger partial charge in [-0.1, -0.05) is 6.42 Å². The van der Waals surface area contributed by atoms with Crippen molar-refractivity contribution in [2.24, 2.45) is 5.41 Å². The van der Waals surface area contributed by atoms with Gasteiger partial charge < -0.3 is 5.73 Å². The zero-order valence-corrected chi connectivity index (χ0v) is 8.64. The first-order valence-corrected chi connectivity index (χ1v) is 5.51. The average molecular weight is 191 g/mol. The molecule has 1 spiro atoms. The second-order valence-corrected chi connectivity index (χ2v) is 5.11. The van der Waals surface area contributed by atoms with Gasteiger partial charge >= 0.3 is 0 Å². The predicted molar refractivity (Wildman–Crippen MR) is 56.0 cm³/mol. The molecule has 3 nitrogen and oxygen atoms in total. The van der Waals surface area contributed by atoms with E-state index in [9.17, 15) is 0 Å². The molecule has 0 saturated heterocycles. The topological polar surface area (TPSA) is 54.7 Å². The van der Waals surface area contributed by atoms with Gasteiger partial charge in [0.05, 0.1) is 0 Å². The van der Waals surface area contributed by atoms with Gasteiger partial charge in [0.25, 0.3) is 0 Å². The molecule has 3 rings (SSSR count). The van der Waals surface area contributed by atoms with Gasteiger partial charge in [0, 0.05) is 17.2 Å². The Labute approximate surface area is 84.1 Å². The molecule has 1 aromatic rings. The normalized spacial score (nSPS) is 24.6. The Bertz CT molecular complexity index is 355. The van der Waals surface area contributed by atoms with Crippen molar-refractivity contribution in [3.63, 3.8) is 0 Å². The average Bonchev–Trinajstić information content (AvgIpc) is 2.30. The minimum Gasteiger partial charge on any atom is -0.382 e. The number of hydrogen-bond acceptors (Lipinski definition) is 2. The molecule has 2 fully saturated rings. The largest absolute Gasteiger partial charge is 0.382 e. The van der Waals surface area contributed by atoms with Crippen molar-refractivity contribution in [1.82, 2.24) is 10.2 Å². The number of nitrogens with one attached hydrogen (secondary N) is 1. The van der Waals surface area contributed by atoms with Crippen LogP contribution in [0, 0.1) is 12.3 Å². The number of hydrogen-bond donors (Lipinski definition) is 2. The van der Waals surface area contributed by atoms with Crippen LogP contribution in [0.1, 0.15) is 49.3 Å². The van der Waals surface area contributed by atoms with E-state index in [4.69, 9.17) is 5.73 Å². The molecule has 0 atom stereocenters. The van der Waals surface area contributed by atoms with Crippen molar-refractivity contribution < 1.29 is 0 Å². The number of H-pyrrole nitrogens is 1. The van der Waals surface area contributed by atoms with Crippen molar-refractivity contribution in [1.29, 1.82) is 0 Å². The molecular formula is C11H17N3. The summed E-state index contributed by atoms with van der Waals surface area (Å²) in [6.07, 6.45) is 7.06. The fourth-order valence-corrected chi connectivity index (χ4v) is 3.10. The lowest BCUT2D eigenvalue weighted by atomic mass is 9.51. The highest BCUT2D eigenvalue weighted by molar-refractivity contribution is 5.43. The molecule has 2 aliphatic carbocycles. The highest BCUT2D eigenvalue weighted by Crippen LogP contribution is 2.61. The predicted octanol–water partition coefficient (Wildman–Crippen LogP) is 2.35. The Morgan fingerprint density at radius 3 is 2.57 bits per heavy atom. The molecule has 14 heavy (non-hydrogen) atoms. The van der Waals surface area contributed by atoms with E-state index < -0.39 is 0 Å². The van der Waals surface area contributed by atoms with Crippen LogP contribution in [-0.2, 0) is 0 Å². The van der Waals surface area contributed by atoms with Crippen molar-refractivity contribution in [2.75, 3.05) is 5.73 Å². The molecule has 0 aromatic carbocycles. The number of nitrogens with two attached hydrogens (primary N) is 1. The van der Waals surface area contributed by atoms with E-state index in [2.05, 4.69) is 17.1 Å². The summed E-state index contributed by atoms with van der Waals surface area (Å²) < 4.78 is 0. The summed E-state index contributed by atoms with van der Waals surface area (Å²) in [5.74, 6) is 1.38. The van der Waals surface area contributed by atoms with Crippen LogP contribution in [0.5, 0.6) is 0 Å². The Morgan fingerprint density at radius 2 is 2.14 bits per heavy atom. The van der Waals surface area contributed by atoms with Crippen molar-refractivity contribution in [3.05, 3.63) is 11.3 Å². The maximum absolute atomic E-state index is 5.73. The molecule has 76 valence electrons. The summed E-state index contributed by atoms with van der Waals surface area (Å²) in [6, 6.07) is 0. The molecule has 0 amide bonds. The smallest absolute Gasteiger partial charge is 0.148 e. The number of anilines is 1. The molecule has 0 radical (unpaired) electrons. The number of nitrogens with zero attached hydrogens (tertiary/aromatic N) is 1. The van der Waals surface area contributed by atoms with Gasteiger partial charge in [-0.15, -0.1) is 0 Å². The Hall–Kier alpha value is -0.990. The van der Waals surface area contributed by atoms with Gasteiger partial charge in [0.1, 0.15) is 5.82 Å². The van der Waals surface area contributed by atoms with E-state index in [1.165, 1.54) is 43.4 Å². The lowest BCUT2D eigenvalue weighted by molar-refractivity contribution is 0.00741. The van der Waals surface area contributed by atoms with Gasteiger partial charge in [-0.25, -0.2) is 0 Å². The second kappa shape index (κ2) is 2.53. The fraction of sp³-hybridized carbons (Fsp3) is 0.727. The first kappa shape index (κ1) is 8.33. The quantitative estimate of drug-likeness (QED) is 0.716. The summed E-state index contributed by atoms with van der Waals surface area (Å²) in [4.78, 5) is 0. The third-order valence-corrected chi connectivity index (χ3v) is 4.27. The van der Waals surface area contributed by atoms with E-state index in [0.29, 0.717) is 11.7 Å². The van der Waals surface area contributed by atoms with Crippen molar-refractivity contribution in [3.8, 4) is 0 Å². The van der Waals surface area contributed by atoms with Crippen LogP contribution in [0.15, 0.2) is 0 Å². The molecule has 1 aromatic heterocycles. The molecule has 3 N–H and O–H groups in total. The summed E-state index contributed by atoms with van der Waals surface area (Å²) in [5.41, 5.74) is 8.92. The monoisotopic (exact) mass is 191 g/mol. The van der Waals surface area contributed by atoms with Crippen molar-refractivity contribution in [2.45, 2.75) is 44.9 Å². The summed E-state index contributed by atoms with van der Waals surface area (Å²) in [7, 11) is 0. The third-order valence-electron chi connectivity index (χ3n) is 4.27. The SMILES string of the molecule is Cc1c(N)n[nH]c1C1CC2(CCC2)C1. The third kappa shape index (κ3) is 0.954. The molecular weight excluding hydrogens is 174 g/mol. The minimum atomic E-state index is 0.676. The Morgan fingerprint density at radius 1 is 1.43 bits per heavy atom. The van der Waals surface area contributed by atoms with E-state index in [-0.39, 0.29) is 0 Å². The highest BCUT2D eigenvalue weighted by atomic mass is 15.2. The van der Waals surface area contributed by atoms with Crippen LogP contribution >= 0.6 is 0 Å². The van der Waals surface area contributed by atoms with Crippen LogP contribution in [0.3, 0.4) is 0 Å². The zero-order valence-electron chi connectivity index (χ0n) is 8.64. The van der Waals surface area contributed by atoms with Gasteiger partial charge in [-0.3, -0.25) is 5.10 Å². The molecule has 0 aliphatic heterocycles. The molecule has 0 bridgehead atoms. The first-order chi connectivity index (χ1) is 6.70. The van der Waals surface area contributed by atoms with E-state index in [0.717, 1.165) is 5.41 Å². The van der Waals surface area contributed by atoms with Crippen LogP contribution in [-0.4, -0.2) is 10.2 Å². The summed E-state index contributed by atoms with van der Waals surface area (Å²) in [5, 5.41) is 7.15. The standard InChI is InChI=1S/C11H17N3/c1-7-9(13-14-10(7)12)8-5-11(6-8)3-2-4-11/h8H,2-6H2,1H3,(H3,12,13,14). The van der Waals surface area contributed by atoms with Crippen LogP contribution in [0.25, 0.3) is 0 Å². The van der Waals surface area contributed by atoms with E-state index >= 15 is 0 Å². The first-order valence-electron chi connectivity index (χ1n) is 5.51. The van der Waals surface area contributed by atoms with E-state index in [1.807, 2.05) is 0 Å². The van der Waals surface area contributed by atoms with Gasteiger partial charge in [-0.2, -0.15) is 5.10 Å². The summed E-state index contributed by atoms with van der Waals surface area (Å²) >= 11 is 0.